The Kier molecular flexibility index (Phi) is 2.09. The first-order valence-corrected chi connectivity index (χ1v) is 5.01. The van der Waals surface area contributed by atoms with Gasteiger partial charge in [-0.15, -0.1) is 0 Å². The van der Waals surface area contributed by atoms with Gasteiger partial charge in [-0.2, -0.15) is 0 Å². The number of hydrogen-bond acceptors (Lipinski definition) is 1. The van der Waals surface area contributed by atoms with E-state index in [9.17, 15) is 0 Å². The molecule has 1 atom stereocenters. The van der Waals surface area contributed by atoms with Crippen LogP contribution in [-0.2, 0) is 12.8 Å². The van der Waals surface area contributed by atoms with Gasteiger partial charge in [0.15, 0.2) is 0 Å². The van der Waals surface area contributed by atoms with Crippen LogP contribution in [0.2, 0.25) is 5.02 Å². The lowest BCUT2D eigenvalue weighted by atomic mass is 9.80. The Bertz CT molecular complexity index is 331. The second-order valence-electron chi connectivity index (χ2n) is 4.21. The zero-order valence-corrected chi connectivity index (χ0v) is 8.56. The molecule has 1 aromatic rings. The van der Waals surface area contributed by atoms with Crippen molar-refractivity contribution in [3.05, 3.63) is 34.3 Å². The van der Waals surface area contributed by atoms with Gasteiger partial charge in [0.25, 0.3) is 0 Å². The normalized spacial score (nSPS) is 27.0. The fourth-order valence-corrected chi connectivity index (χ4v) is 2.21. The van der Waals surface area contributed by atoms with Crippen LogP contribution in [0.4, 0.5) is 0 Å². The maximum atomic E-state index is 6.11. The molecule has 1 aliphatic rings. The van der Waals surface area contributed by atoms with Gasteiger partial charge in [-0.25, -0.2) is 0 Å². The molecular weight excluding hydrogens is 182 g/mol. The van der Waals surface area contributed by atoms with Crippen LogP contribution in [-0.4, -0.2) is 5.54 Å². The Morgan fingerprint density at radius 1 is 1.46 bits per heavy atom. The van der Waals surface area contributed by atoms with Crippen molar-refractivity contribution in [2.75, 3.05) is 0 Å². The summed E-state index contributed by atoms with van der Waals surface area (Å²) in [5.74, 6) is 0. The first-order valence-electron chi connectivity index (χ1n) is 4.64. The fraction of sp³-hybridized carbons (Fsp3) is 0.455. The highest BCUT2D eigenvalue weighted by atomic mass is 35.5. The summed E-state index contributed by atoms with van der Waals surface area (Å²) < 4.78 is 0. The van der Waals surface area contributed by atoms with Gasteiger partial charge < -0.3 is 5.73 Å². The van der Waals surface area contributed by atoms with Gasteiger partial charge in [0.2, 0.25) is 0 Å². The summed E-state index contributed by atoms with van der Waals surface area (Å²) in [5.41, 5.74) is 8.65. The van der Waals surface area contributed by atoms with E-state index in [0.717, 1.165) is 24.3 Å². The van der Waals surface area contributed by atoms with Crippen LogP contribution in [0.25, 0.3) is 0 Å². The molecule has 0 fully saturated rings. The van der Waals surface area contributed by atoms with Crippen molar-refractivity contribution < 1.29 is 0 Å². The summed E-state index contributed by atoms with van der Waals surface area (Å²) >= 11 is 6.11. The van der Waals surface area contributed by atoms with Crippen molar-refractivity contribution in [2.24, 2.45) is 5.73 Å². The predicted molar refractivity (Wildman–Crippen MR) is 56.1 cm³/mol. The SMILES string of the molecule is CC1(N)CCc2cccc(Cl)c2C1. The summed E-state index contributed by atoms with van der Waals surface area (Å²) in [7, 11) is 0. The summed E-state index contributed by atoms with van der Waals surface area (Å²) in [6.45, 7) is 2.10. The van der Waals surface area contributed by atoms with Crippen molar-refractivity contribution in [3.8, 4) is 0 Å². The molecule has 0 amide bonds. The number of fused-ring (bicyclic) bond motifs is 1. The second-order valence-corrected chi connectivity index (χ2v) is 4.62. The Labute approximate surface area is 83.9 Å². The Morgan fingerprint density at radius 2 is 2.23 bits per heavy atom. The van der Waals surface area contributed by atoms with Gasteiger partial charge in [-0.1, -0.05) is 23.7 Å². The highest BCUT2D eigenvalue weighted by Crippen LogP contribution is 2.31. The van der Waals surface area contributed by atoms with Crippen LogP contribution in [0.15, 0.2) is 18.2 Å². The Balaban J connectivity index is 2.44. The summed E-state index contributed by atoms with van der Waals surface area (Å²) in [4.78, 5) is 0. The maximum absolute atomic E-state index is 6.11. The molecule has 1 unspecified atom stereocenters. The number of nitrogens with two attached hydrogens (primary N) is 1. The molecule has 1 aromatic carbocycles. The number of halogens is 1. The first kappa shape index (κ1) is 9.04. The third-order valence-corrected chi connectivity index (χ3v) is 3.12. The van der Waals surface area contributed by atoms with E-state index in [1.54, 1.807) is 0 Å². The van der Waals surface area contributed by atoms with E-state index in [-0.39, 0.29) is 5.54 Å². The number of hydrogen-bond donors (Lipinski definition) is 1. The Hall–Kier alpha value is -0.530. The van der Waals surface area contributed by atoms with Crippen molar-refractivity contribution >= 4 is 11.6 Å². The van der Waals surface area contributed by atoms with Gasteiger partial charge in [0.05, 0.1) is 0 Å². The molecule has 0 aliphatic heterocycles. The van der Waals surface area contributed by atoms with E-state index in [0.29, 0.717) is 0 Å². The molecule has 0 spiro atoms. The molecule has 13 heavy (non-hydrogen) atoms. The average molecular weight is 196 g/mol. The van der Waals surface area contributed by atoms with E-state index in [1.807, 2.05) is 12.1 Å². The maximum Gasteiger partial charge on any atom is 0.0441 e. The van der Waals surface area contributed by atoms with Crippen molar-refractivity contribution in [1.82, 2.24) is 0 Å². The Morgan fingerprint density at radius 3 is 3.00 bits per heavy atom. The molecule has 0 aromatic heterocycles. The molecule has 0 radical (unpaired) electrons. The van der Waals surface area contributed by atoms with Crippen LogP contribution >= 0.6 is 11.6 Å². The first-order chi connectivity index (χ1) is 6.08. The van der Waals surface area contributed by atoms with E-state index >= 15 is 0 Å². The summed E-state index contributed by atoms with van der Waals surface area (Å²) in [5, 5.41) is 0.869. The van der Waals surface area contributed by atoms with E-state index in [2.05, 4.69) is 13.0 Å². The predicted octanol–water partition coefficient (Wildman–Crippen LogP) is 2.55. The van der Waals surface area contributed by atoms with Crippen LogP contribution < -0.4 is 5.73 Å². The van der Waals surface area contributed by atoms with Crippen molar-refractivity contribution in [1.29, 1.82) is 0 Å². The molecule has 2 rings (SSSR count). The van der Waals surface area contributed by atoms with Crippen LogP contribution in [0, 0.1) is 0 Å². The molecule has 1 nitrogen and oxygen atoms in total. The summed E-state index contributed by atoms with van der Waals surface area (Å²) in [6.07, 6.45) is 3.02. The third-order valence-electron chi connectivity index (χ3n) is 2.76. The lowest BCUT2D eigenvalue weighted by molar-refractivity contribution is 0.409. The topological polar surface area (TPSA) is 26.0 Å². The van der Waals surface area contributed by atoms with E-state index in [4.69, 9.17) is 17.3 Å². The minimum atomic E-state index is -0.0714. The highest BCUT2D eigenvalue weighted by molar-refractivity contribution is 6.31. The smallest absolute Gasteiger partial charge is 0.0441 e. The summed E-state index contributed by atoms with van der Waals surface area (Å²) in [6, 6.07) is 6.11. The molecule has 2 heteroatoms. The minimum absolute atomic E-state index is 0.0714. The van der Waals surface area contributed by atoms with Gasteiger partial charge in [-0.3, -0.25) is 0 Å². The molecule has 0 bridgehead atoms. The number of rotatable bonds is 0. The van der Waals surface area contributed by atoms with Crippen molar-refractivity contribution in [2.45, 2.75) is 31.7 Å². The zero-order valence-electron chi connectivity index (χ0n) is 7.81. The van der Waals surface area contributed by atoms with Gasteiger partial charge in [-0.05, 0) is 43.4 Å². The lowest BCUT2D eigenvalue weighted by Gasteiger charge is -2.31. The lowest BCUT2D eigenvalue weighted by Crippen LogP contribution is -2.41. The quantitative estimate of drug-likeness (QED) is 0.677. The van der Waals surface area contributed by atoms with Gasteiger partial charge in [0, 0.05) is 10.6 Å². The van der Waals surface area contributed by atoms with Crippen LogP contribution in [0.3, 0.4) is 0 Å². The van der Waals surface area contributed by atoms with E-state index in [1.165, 1.54) is 11.1 Å². The molecule has 0 saturated carbocycles. The van der Waals surface area contributed by atoms with Crippen molar-refractivity contribution in [3.63, 3.8) is 0 Å². The highest BCUT2D eigenvalue weighted by Gasteiger charge is 2.26. The zero-order chi connectivity index (χ0) is 9.47. The molecule has 70 valence electrons. The molecular formula is C11H14ClN. The molecule has 0 saturated heterocycles. The standard InChI is InChI=1S/C11H14ClN/c1-11(13)6-5-8-3-2-4-10(12)9(8)7-11/h2-4H,5-7,13H2,1H3. The second kappa shape index (κ2) is 3.00. The van der Waals surface area contributed by atoms with E-state index < -0.39 is 0 Å². The monoisotopic (exact) mass is 195 g/mol. The minimum Gasteiger partial charge on any atom is -0.325 e. The van der Waals surface area contributed by atoms with Crippen LogP contribution in [0.5, 0.6) is 0 Å². The molecule has 2 N–H and O–H groups in total. The third kappa shape index (κ3) is 1.72. The van der Waals surface area contributed by atoms with Gasteiger partial charge >= 0.3 is 0 Å². The van der Waals surface area contributed by atoms with Crippen LogP contribution in [0.1, 0.15) is 24.5 Å². The number of benzene rings is 1. The molecule has 1 aliphatic carbocycles. The average Bonchev–Trinajstić information content (AvgIpc) is 2.06. The largest absolute Gasteiger partial charge is 0.325 e. The van der Waals surface area contributed by atoms with Gasteiger partial charge in [0.1, 0.15) is 0 Å². The molecule has 0 heterocycles. The number of aryl methyl sites for hydroxylation is 1. The fourth-order valence-electron chi connectivity index (χ4n) is 1.95.